The summed E-state index contributed by atoms with van der Waals surface area (Å²) in [4.78, 5) is 0. The third-order valence-corrected chi connectivity index (χ3v) is 3.06. The van der Waals surface area contributed by atoms with Crippen molar-refractivity contribution in [2.45, 2.75) is 46.0 Å². The molecule has 0 aromatic heterocycles. The van der Waals surface area contributed by atoms with Crippen LogP contribution in [-0.4, -0.2) is 6.54 Å². The van der Waals surface area contributed by atoms with Crippen molar-refractivity contribution in [3.05, 3.63) is 29.6 Å². The molecule has 0 atom stereocenters. The summed E-state index contributed by atoms with van der Waals surface area (Å²) in [6.07, 6.45) is 6.11. The zero-order chi connectivity index (χ0) is 14.1. The van der Waals surface area contributed by atoms with Crippen LogP contribution in [0.5, 0.6) is 0 Å². The van der Waals surface area contributed by atoms with E-state index in [1.807, 2.05) is 6.07 Å². The first-order chi connectivity index (χ1) is 9.11. The summed E-state index contributed by atoms with van der Waals surface area (Å²) in [5, 5.41) is 11.9. The van der Waals surface area contributed by atoms with E-state index in [9.17, 15) is 4.39 Å². The lowest BCUT2D eigenvalue weighted by molar-refractivity contribution is 0.523. The molecule has 0 aliphatic rings. The van der Waals surface area contributed by atoms with Gasteiger partial charge in [-0.15, -0.1) is 0 Å². The van der Waals surface area contributed by atoms with Gasteiger partial charge in [0.25, 0.3) is 0 Å². The SMILES string of the molecule is CC(C)CCCCCCNc1cc(F)cc(C#N)c1. The second-order valence-electron chi connectivity index (χ2n) is 5.36. The monoisotopic (exact) mass is 262 g/mol. The van der Waals surface area contributed by atoms with E-state index in [-0.39, 0.29) is 5.82 Å². The van der Waals surface area contributed by atoms with Gasteiger partial charge in [-0.3, -0.25) is 0 Å². The number of halogens is 1. The summed E-state index contributed by atoms with van der Waals surface area (Å²) in [6, 6.07) is 6.32. The lowest BCUT2D eigenvalue weighted by Gasteiger charge is -2.07. The minimum atomic E-state index is -0.363. The third kappa shape index (κ3) is 6.81. The van der Waals surface area contributed by atoms with Crippen LogP contribution in [0.3, 0.4) is 0 Å². The summed E-state index contributed by atoms with van der Waals surface area (Å²) < 4.78 is 13.2. The van der Waals surface area contributed by atoms with Crippen LogP contribution in [0.4, 0.5) is 10.1 Å². The predicted molar refractivity (Wildman–Crippen MR) is 77.5 cm³/mol. The fourth-order valence-corrected chi connectivity index (χ4v) is 2.02. The first-order valence-electron chi connectivity index (χ1n) is 7.06. The molecule has 104 valence electrons. The van der Waals surface area contributed by atoms with Crippen molar-refractivity contribution < 1.29 is 4.39 Å². The van der Waals surface area contributed by atoms with Gasteiger partial charge in [-0.1, -0.05) is 39.5 Å². The summed E-state index contributed by atoms with van der Waals surface area (Å²) in [7, 11) is 0. The highest BCUT2D eigenvalue weighted by atomic mass is 19.1. The number of anilines is 1. The molecule has 1 aromatic rings. The Morgan fingerprint density at radius 3 is 2.58 bits per heavy atom. The molecule has 2 nitrogen and oxygen atoms in total. The molecular weight excluding hydrogens is 239 g/mol. The Hall–Kier alpha value is -1.56. The fourth-order valence-electron chi connectivity index (χ4n) is 2.02. The Balaban J connectivity index is 2.19. The molecule has 0 amide bonds. The highest BCUT2D eigenvalue weighted by Gasteiger charge is 2.00. The molecular formula is C16H23FN2. The van der Waals surface area contributed by atoms with E-state index in [1.54, 1.807) is 6.07 Å². The number of hydrogen-bond acceptors (Lipinski definition) is 2. The van der Waals surface area contributed by atoms with Gasteiger partial charge < -0.3 is 5.32 Å². The quantitative estimate of drug-likeness (QED) is 0.688. The lowest BCUT2D eigenvalue weighted by Crippen LogP contribution is -2.02. The molecule has 0 aliphatic heterocycles. The van der Waals surface area contributed by atoms with Gasteiger partial charge in [0.2, 0.25) is 0 Å². The van der Waals surface area contributed by atoms with Gasteiger partial charge in [0, 0.05) is 12.2 Å². The number of unbranched alkanes of at least 4 members (excludes halogenated alkanes) is 3. The maximum absolute atomic E-state index is 13.2. The largest absolute Gasteiger partial charge is 0.385 e. The third-order valence-electron chi connectivity index (χ3n) is 3.06. The second-order valence-corrected chi connectivity index (χ2v) is 5.36. The van der Waals surface area contributed by atoms with Crippen LogP contribution in [0.1, 0.15) is 51.5 Å². The van der Waals surface area contributed by atoms with E-state index < -0.39 is 0 Å². The van der Waals surface area contributed by atoms with Crippen LogP contribution in [0, 0.1) is 23.1 Å². The van der Waals surface area contributed by atoms with Crippen molar-refractivity contribution >= 4 is 5.69 Å². The van der Waals surface area contributed by atoms with Crippen molar-refractivity contribution in [3.8, 4) is 6.07 Å². The summed E-state index contributed by atoms with van der Waals surface area (Å²) in [5.41, 5.74) is 1.05. The molecule has 0 aliphatic carbocycles. The highest BCUT2D eigenvalue weighted by molar-refractivity contribution is 5.49. The van der Waals surface area contributed by atoms with Crippen LogP contribution >= 0.6 is 0 Å². The fraction of sp³-hybridized carbons (Fsp3) is 0.562. The lowest BCUT2D eigenvalue weighted by atomic mass is 10.0. The molecule has 19 heavy (non-hydrogen) atoms. The molecule has 0 saturated heterocycles. The van der Waals surface area contributed by atoms with Crippen molar-refractivity contribution in [1.29, 1.82) is 5.26 Å². The Bertz CT molecular complexity index is 421. The average Bonchev–Trinajstić information content (AvgIpc) is 2.36. The molecule has 0 saturated carbocycles. The van der Waals surface area contributed by atoms with Gasteiger partial charge in [-0.25, -0.2) is 4.39 Å². The van der Waals surface area contributed by atoms with Crippen molar-refractivity contribution in [2.75, 3.05) is 11.9 Å². The van der Waals surface area contributed by atoms with Gasteiger partial charge in [0.05, 0.1) is 11.6 Å². The van der Waals surface area contributed by atoms with Crippen LogP contribution in [0.15, 0.2) is 18.2 Å². The number of nitriles is 1. The topological polar surface area (TPSA) is 35.8 Å². The first kappa shape index (κ1) is 15.5. The molecule has 0 fully saturated rings. The molecule has 0 heterocycles. The van der Waals surface area contributed by atoms with Gasteiger partial charge in [0.1, 0.15) is 5.82 Å². The van der Waals surface area contributed by atoms with Gasteiger partial charge in [-0.05, 0) is 30.5 Å². The first-order valence-corrected chi connectivity index (χ1v) is 7.06. The van der Waals surface area contributed by atoms with Gasteiger partial charge in [-0.2, -0.15) is 5.26 Å². The molecule has 3 heteroatoms. The zero-order valence-electron chi connectivity index (χ0n) is 11.9. The van der Waals surface area contributed by atoms with E-state index in [0.717, 1.165) is 18.9 Å². The van der Waals surface area contributed by atoms with E-state index in [0.29, 0.717) is 11.3 Å². The van der Waals surface area contributed by atoms with Gasteiger partial charge in [0.15, 0.2) is 0 Å². The minimum absolute atomic E-state index is 0.361. The smallest absolute Gasteiger partial charge is 0.126 e. The molecule has 0 spiro atoms. The standard InChI is InChI=1S/C16H23FN2/c1-13(2)7-5-3-4-6-8-19-16-10-14(12-18)9-15(17)11-16/h9-11,13,19H,3-8H2,1-2H3. The van der Waals surface area contributed by atoms with E-state index in [1.165, 1.54) is 37.8 Å². The average molecular weight is 262 g/mol. The summed E-state index contributed by atoms with van der Waals surface area (Å²) in [5.74, 6) is 0.424. The normalized spacial score (nSPS) is 10.5. The van der Waals surface area contributed by atoms with E-state index in [2.05, 4.69) is 19.2 Å². The summed E-state index contributed by atoms with van der Waals surface area (Å²) >= 11 is 0. The highest BCUT2D eigenvalue weighted by Crippen LogP contribution is 2.14. The molecule has 0 radical (unpaired) electrons. The number of benzene rings is 1. The number of rotatable bonds is 8. The molecule has 1 aromatic carbocycles. The predicted octanol–water partition coefficient (Wildman–Crippen LogP) is 4.72. The van der Waals surface area contributed by atoms with Crippen LogP contribution < -0.4 is 5.32 Å². The van der Waals surface area contributed by atoms with E-state index >= 15 is 0 Å². The van der Waals surface area contributed by atoms with Crippen molar-refractivity contribution in [3.63, 3.8) is 0 Å². The second kappa shape index (κ2) is 8.53. The Kier molecular flexibility index (Phi) is 6.95. The van der Waals surface area contributed by atoms with Gasteiger partial charge >= 0.3 is 0 Å². The Morgan fingerprint density at radius 1 is 1.16 bits per heavy atom. The number of nitrogens with zero attached hydrogens (tertiary/aromatic N) is 1. The van der Waals surface area contributed by atoms with Crippen LogP contribution in [0.25, 0.3) is 0 Å². The van der Waals surface area contributed by atoms with Crippen LogP contribution in [-0.2, 0) is 0 Å². The van der Waals surface area contributed by atoms with E-state index in [4.69, 9.17) is 5.26 Å². The van der Waals surface area contributed by atoms with Crippen molar-refractivity contribution in [2.24, 2.45) is 5.92 Å². The Morgan fingerprint density at radius 2 is 1.89 bits per heavy atom. The number of nitrogens with one attached hydrogen (secondary N) is 1. The minimum Gasteiger partial charge on any atom is -0.385 e. The molecule has 0 unspecified atom stereocenters. The number of hydrogen-bond donors (Lipinski definition) is 1. The zero-order valence-corrected chi connectivity index (χ0v) is 11.9. The van der Waals surface area contributed by atoms with Crippen molar-refractivity contribution in [1.82, 2.24) is 0 Å². The maximum atomic E-state index is 13.2. The maximum Gasteiger partial charge on any atom is 0.126 e. The molecule has 1 rings (SSSR count). The Labute approximate surface area is 115 Å². The molecule has 0 bridgehead atoms. The summed E-state index contributed by atoms with van der Waals surface area (Å²) in [6.45, 7) is 5.33. The van der Waals surface area contributed by atoms with Crippen LogP contribution in [0.2, 0.25) is 0 Å². The molecule has 1 N–H and O–H groups in total.